The molecule has 0 saturated heterocycles. The first kappa shape index (κ1) is 24.9. The Balaban J connectivity index is 0.00000306. The third-order valence-electron chi connectivity index (χ3n) is 5.78. The van der Waals surface area contributed by atoms with E-state index in [1.54, 1.807) is 6.07 Å². The van der Waals surface area contributed by atoms with Gasteiger partial charge in [-0.15, -0.1) is 0 Å². The van der Waals surface area contributed by atoms with Gasteiger partial charge in [-0.05, 0) is 61.4 Å². The van der Waals surface area contributed by atoms with Crippen molar-refractivity contribution in [3.05, 3.63) is 121 Å². The number of hydrogen-bond donors (Lipinski definition) is 0. The van der Waals surface area contributed by atoms with E-state index >= 15 is 0 Å². The summed E-state index contributed by atoms with van der Waals surface area (Å²) in [7, 11) is -1.79. The minimum absolute atomic E-state index is 0. The zero-order chi connectivity index (χ0) is 22.1. The fourth-order valence-electron chi connectivity index (χ4n) is 4.22. The minimum Gasteiger partial charge on any atom is -1.00 e. The zero-order valence-electron chi connectivity index (χ0n) is 18.5. The number of carbonyl (C=O) groups excluding carboxylic acids is 1. The molecule has 0 spiro atoms. The summed E-state index contributed by atoms with van der Waals surface area (Å²) in [6.07, 6.45) is 3.90. The quantitative estimate of drug-likeness (QED) is 0.183. The Morgan fingerprint density at radius 1 is 0.606 bits per heavy atom. The van der Waals surface area contributed by atoms with Crippen molar-refractivity contribution in [3.8, 4) is 5.75 Å². The molecule has 4 heteroatoms. The second-order valence-corrected chi connectivity index (χ2v) is 11.4. The van der Waals surface area contributed by atoms with E-state index in [4.69, 9.17) is 4.74 Å². The minimum atomic E-state index is -1.79. The van der Waals surface area contributed by atoms with Crippen LogP contribution in [0.25, 0.3) is 0 Å². The van der Waals surface area contributed by atoms with Crippen LogP contribution >= 0.6 is 7.26 Å². The molecule has 0 heterocycles. The highest BCUT2D eigenvalue weighted by molar-refractivity contribution is 7.95. The molecular formula is C29H28BrO2P. The molecule has 0 radical (unpaired) electrons. The number of aldehydes is 1. The monoisotopic (exact) mass is 518 g/mol. The van der Waals surface area contributed by atoms with Gasteiger partial charge in [-0.3, -0.25) is 4.79 Å². The third kappa shape index (κ3) is 5.79. The predicted molar refractivity (Wildman–Crippen MR) is 137 cm³/mol. The van der Waals surface area contributed by atoms with Crippen molar-refractivity contribution in [3.63, 3.8) is 0 Å². The molecule has 0 bridgehead atoms. The Morgan fingerprint density at radius 3 is 1.55 bits per heavy atom. The van der Waals surface area contributed by atoms with Crippen LogP contribution in [0.1, 0.15) is 23.2 Å². The highest BCUT2D eigenvalue weighted by Gasteiger charge is 2.44. The number of rotatable bonds is 10. The lowest BCUT2D eigenvalue weighted by Crippen LogP contribution is -3.00. The number of carbonyl (C=O) groups is 1. The predicted octanol–water partition coefficient (Wildman–Crippen LogP) is 2.66. The van der Waals surface area contributed by atoms with Gasteiger partial charge in [0.15, 0.2) is 6.29 Å². The van der Waals surface area contributed by atoms with E-state index in [0.29, 0.717) is 17.9 Å². The largest absolute Gasteiger partial charge is 1.00 e. The highest BCUT2D eigenvalue weighted by atomic mass is 79.9. The van der Waals surface area contributed by atoms with Gasteiger partial charge in [-0.2, -0.15) is 0 Å². The fraction of sp³-hybridized carbons (Fsp3) is 0.138. The van der Waals surface area contributed by atoms with E-state index < -0.39 is 7.26 Å². The average Bonchev–Trinajstić information content (AvgIpc) is 2.88. The smallest absolute Gasteiger partial charge is 0.153 e. The maximum Gasteiger partial charge on any atom is 0.153 e. The summed E-state index contributed by atoms with van der Waals surface area (Å²) >= 11 is 0. The van der Waals surface area contributed by atoms with Crippen molar-refractivity contribution in [1.29, 1.82) is 0 Å². The zero-order valence-corrected chi connectivity index (χ0v) is 21.0. The van der Waals surface area contributed by atoms with Crippen molar-refractivity contribution in [2.45, 2.75) is 12.8 Å². The first-order valence-electron chi connectivity index (χ1n) is 11.1. The van der Waals surface area contributed by atoms with Crippen LogP contribution in [0.2, 0.25) is 0 Å². The molecule has 0 amide bonds. The molecule has 168 valence electrons. The van der Waals surface area contributed by atoms with Crippen molar-refractivity contribution in [2.75, 3.05) is 12.8 Å². The number of unbranched alkanes of at least 4 members (excludes halogenated alkanes) is 1. The lowest BCUT2D eigenvalue weighted by Gasteiger charge is -2.27. The van der Waals surface area contributed by atoms with Crippen LogP contribution in [-0.2, 0) is 0 Å². The van der Waals surface area contributed by atoms with Crippen LogP contribution in [0, 0.1) is 0 Å². The molecular weight excluding hydrogens is 491 g/mol. The SMILES string of the molecule is O=Cc1ccccc1OCCCC[P+](c1ccccc1)(c1ccccc1)c1ccccc1.[Br-]. The van der Waals surface area contributed by atoms with Gasteiger partial charge in [-0.25, -0.2) is 0 Å². The maximum atomic E-state index is 11.2. The molecule has 4 rings (SSSR count). The molecule has 0 N–H and O–H groups in total. The normalized spacial score (nSPS) is 10.8. The van der Waals surface area contributed by atoms with Gasteiger partial charge in [0.25, 0.3) is 0 Å². The van der Waals surface area contributed by atoms with Gasteiger partial charge < -0.3 is 21.7 Å². The van der Waals surface area contributed by atoms with Gasteiger partial charge in [0.2, 0.25) is 0 Å². The van der Waals surface area contributed by atoms with Crippen LogP contribution in [0.15, 0.2) is 115 Å². The number of halogens is 1. The van der Waals surface area contributed by atoms with Crippen molar-refractivity contribution in [1.82, 2.24) is 0 Å². The molecule has 0 aliphatic heterocycles. The summed E-state index contributed by atoms with van der Waals surface area (Å²) in [6.45, 7) is 0.600. The first-order chi connectivity index (χ1) is 15.8. The van der Waals surface area contributed by atoms with Crippen LogP contribution in [0.3, 0.4) is 0 Å². The molecule has 2 nitrogen and oxygen atoms in total. The molecule has 0 atom stereocenters. The van der Waals surface area contributed by atoms with Crippen LogP contribution in [0.5, 0.6) is 5.75 Å². The van der Waals surface area contributed by atoms with E-state index in [0.717, 1.165) is 25.3 Å². The second-order valence-electron chi connectivity index (χ2n) is 7.75. The lowest BCUT2D eigenvalue weighted by atomic mass is 10.2. The van der Waals surface area contributed by atoms with Crippen molar-refractivity contribution >= 4 is 29.5 Å². The Kier molecular flexibility index (Phi) is 9.42. The molecule has 0 aliphatic carbocycles. The summed E-state index contributed by atoms with van der Waals surface area (Å²) in [6, 6.07) is 40.3. The molecule has 0 fully saturated rings. The molecule has 0 unspecified atom stereocenters. The van der Waals surface area contributed by atoms with Crippen LogP contribution in [0.4, 0.5) is 0 Å². The molecule has 0 saturated carbocycles. The standard InChI is InChI=1S/C29H28O2P.BrH/c30-24-25-14-10-11-21-29(25)31-22-12-13-23-32(26-15-4-1-5-16-26,27-17-6-2-7-18-27)28-19-8-3-9-20-28;/h1-11,14-21,24H,12-13,22-23H2;1H/q+1;/p-1. The summed E-state index contributed by atoms with van der Waals surface area (Å²) in [5, 5.41) is 4.22. The fourth-order valence-corrected chi connectivity index (χ4v) is 8.63. The van der Waals surface area contributed by atoms with E-state index in [2.05, 4.69) is 91.0 Å². The second kappa shape index (κ2) is 12.5. The Labute approximate surface area is 207 Å². The molecule has 33 heavy (non-hydrogen) atoms. The number of hydrogen-bond acceptors (Lipinski definition) is 2. The van der Waals surface area contributed by atoms with E-state index in [1.165, 1.54) is 15.9 Å². The van der Waals surface area contributed by atoms with Gasteiger partial charge in [-0.1, -0.05) is 66.7 Å². The van der Waals surface area contributed by atoms with Crippen molar-refractivity contribution in [2.24, 2.45) is 0 Å². The topological polar surface area (TPSA) is 26.3 Å². The maximum absolute atomic E-state index is 11.2. The Morgan fingerprint density at radius 2 is 1.06 bits per heavy atom. The van der Waals surface area contributed by atoms with Gasteiger partial charge in [0.05, 0.1) is 18.3 Å². The first-order valence-corrected chi connectivity index (χ1v) is 13.0. The summed E-state index contributed by atoms with van der Waals surface area (Å²) in [5.74, 6) is 0.665. The molecule has 0 aromatic heterocycles. The summed E-state index contributed by atoms with van der Waals surface area (Å²) in [5.41, 5.74) is 0.604. The van der Waals surface area contributed by atoms with Crippen LogP contribution in [-0.4, -0.2) is 19.1 Å². The van der Waals surface area contributed by atoms with E-state index in [1.807, 2.05) is 18.2 Å². The Hall–Kier alpha value is -2.74. The molecule has 4 aromatic rings. The van der Waals surface area contributed by atoms with E-state index in [-0.39, 0.29) is 17.0 Å². The Bertz CT molecular complexity index is 1020. The van der Waals surface area contributed by atoms with Gasteiger partial charge >= 0.3 is 0 Å². The van der Waals surface area contributed by atoms with Crippen molar-refractivity contribution < 1.29 is 26.5 Å². The lowest BCUT2D eigenvalue weighted by molar-refractivity contribution is -0.0000133. The average molecular weight is 519 g/mol. The molecule has 0 aliphatic rings. The van der Waals surface area contributed by atoms with Gasteiger partial charge in [0, 0.05) is 0 Å². The summed E-state index contributed by atoms with van der Waals surface area (Å²) < 4.78 is 5.94. The number of benzene rings is 4. The third-order valence-corrected chi connectivity index (χ3v) is 10.3. The summed E-state index contributed by atoms with van der Waals surface area (Å²) in [4.78, 5) is 11.2. The number of para-hydroxylation sites is 1. The van der Waals surface area contributed by atoms with E-state index in [9.17, 15) is 4.79 Å². The number of ether oxygens (including phenoxy) is 1. The van der Waals surface area contributed by atoms with Gasteiger partial charge in [0.1, 0.15) is 28.9 Å². The highest BCUT2D eigenvalue weighted by Crippen LogP contribution is 2.55. The van der Waals surface area contributed by atoms with Crippen LogP contribution < -0.4 is 37.6 Å². The molecule has 4 aromatic carbocycles.